The Hall–Kier alpha value is -2.80. The highest BCUT2D eigenvalue weighted by Crippen LogP contribution is 2.14. The quantitative estimate of drug-likeness (QED) is 0.578. The molecule has 0 saturated heterocycles. The number of nitro groups is 2. The second kappa shape index (κ2) is 7.46. The highest BCUT2D eigenvalue weighted by atomic mass is 16.6. The van der Waals surface area contributed by atoms with Crippen LogP contribution in [0.1, 0.15) is 11.1 Å². The summed E-state index contributed by atoms with van der Waals surface area (Å²) in [6.07, 6.45) is 0.779. The second-order valence-corrected chi connectivity index (χ2v) is 5.33. The van der Waals surface area contributed by atoms with Crippen LogP contribution in [-0.2, 0) is 13.0 Å². The zero-order chi connectivity index (χ0) is 16.8. The Kier molecular flexibility index (Phi) is 5.37. The summed E-state index contributed by atoms with van der Waals surface area (Å²) in [7, 11) is 1.97. The molecule has 120 valence electrons. The number of nitro benzene ring substituents is 2. The zero-order valence-corrected chi connectivity index (χ0v) is 12.7. The predicted octanol–water partition coefficient (Wildman–Crippen LogP) is 3.18. The van der Waals surface area contributed by atoms with Crippen molar-refractivity contribution in [3.05, 3.63) is 79.9 Å². The smallest absolute Gasteiger partial charge is 0.269 e. The van der Waals surface area contributed by atoms with Gasteiger partial charge in [0.05, 0.1) is 9.85 Å². The number of nitrogens with zero attached hydrogens (tertiary/aromatic N) is 3. The summed E-state index contributed by atoms with van der Waals surface area (Å²) >= 11 is 0. The lowest BCUT2D eigenvalue weighted by Gasteiger charge is -2.16. The maximum absolute atomic E-state index is 10.6. The third kappa shape index (κ3) is 4.86. The van der Waals surface area contributed by atoms with Gasteiger partial charge >= 0.3 is 0 Å². The maximum Gasteiger partial charge on any atom is 0.269 e. The molecule has 0 bridgehead atoms. The SMILES string of the molecule is CN(CCc1ccc([N+](=O)[O-])cc1)Cc1ccc([N+](=O)[O-])cc1. The first-order valence-electron chi connectivity index (χ1n) is 7.11. The van der Waals surface area contributed by atoms with Crippen molar-refractivity contribution in [3.8, 4) is 0 Å². The van der Waals surface area contributed by atoms with Gasteiger partial charge in [-0.25, -0.2) is 0 Å². The average Bonchev–Trinajstić information content (AvgIpc) is 2.54. The largest absolute Gasteiger partial charge is 0.302 e. The lowest BCUT2D eigenvalue weighted by atomic mass is 10.1. The molecule has 0 aliphatic rings. The van der Waals surface area contributed by atoms with Crippen LogP contribution in [0.15, 0.2) is 48.5 Å². The van der Waals surface area contributed by atoms with E-state index in [1.807, 2.05) is 7.05 Å². The lowest BCUT2D eigenvalue weighted by molar-refractivity contribution is -0.385. The fourth-order valence-corrected chi connectivity index (χ4v) is 2.22. The highest BCUT2D eigenvalue weighted by molar-refractivity contribution is 5.33. The van der Waals surface area contributed by atoms with Gasteiger partial charge in [-0.05, 0) is 24.6 Å². The zero-order valence-electron chi connectivity index (χ0n) is 12.7. The van der Waals surface area contributed by atoms with E-state index in [1.165, 1.54) is 24.3 Å². The van der Waals surface area contributed by atoms with Crippen LogP contribution >= 0.6 is 0 Å². The van der Waals surface area contributed by atoms with Crippen LogP contribution in [0, 0.1) is 20.2 Å². The first-order valence-corrected chi connectivity index (χ1v) is 7.11. The molecule has 0 saturated carbocycles. The normalized spacial score (nSPS) is 10.7. The molecule has 2 aromatic carbocycles. The molecule has 2 rings (SSSR count). The van der Waals surface area contributed by atoms with Crippen molar-refractivity contribution in [2.45, 2.75) is 13.0 Å². The Bertz CT molecular complexity index is 683. The Labute approximate surface area is 133 Å². The Balaban J connectivity index is 1.85. The van der Waals surface area contributed by atoms with E-state index in [9.17, 15) is 20.2 Å². The van der Waals surface area contributed by atoms with Gasteiger partial charge in [-0.15, -0.1) is 0 Å². The van der Waals surface area contributed by atoms with E-state index in [4.69, 9.17) is 0 Å². The minimum Gasteiger partial charge on any atom is -0.302 e. The molecule has 0 unspecified atom stereocenters. The molecule has 0 amide bonds. The number of rotatable bonds is 7. The molecule has 0 fully saturated rings. The summed E-state index contributed by atoms with van der Waals surface area (Å²) in [5, 5.41) is 21.2. The van der Waals surface area contributed by atoms with Crippen molar-refractivity contribution in [3.63, 3.8) is 0 Å². The van der Waals surface area contributed by atoms with Crippen LogP contribution in [0.2, 0.25) is 0 Å². The molecular weight excluding hydrogens is 298 g/mol. The van der Waals surface area contributed by atoms with Gasteiger partial charge in [0.15, 0.2) is 0 Å². The summed E-state index contributed by atoms with van der Waals surface area (Å²) in [4.78, 5) is 22.5. The number of hydrogen-bond donors (Lipinski definition) is 0. The highest BCUT2D eigenvalue weighted by Gasteiger charge is 2.07. The molecule has 0 atom stereocenters. The van der Waals surface area contributed by atoms with Gasteiger partial charge in [-0.1, -0.05) is 24.3 Å². The third-order valence-electron chi connectivity index (χ3n) is 3.53. The maximum atomic E-state index is 10.6. The van der Waals surface area contributed by atoms with Gasteiger partial charge in [-0.3, -0.25) is 20.2 Å². The van der Waals surface area contributed by atoms with E-state index in [0.717, 1.165) is 24.1 Å². The topological polar surface area (TPSA) is 89.5 Å². The predicted molar refractivity (Wildman–Crippen MR) is 86.2 cm³/mol. The van der Waals surface area contributed by atoms with Gasteiger partial charge in [0.1, 0.15) is 0 Å². The molecule has 7 nitrogen and oxygen atoms in total. The van der Waals surface area contributed by atoms with Crippen molar-refractivity contribution in [2.75, 3.05) is 13.6 Å². The summed E-state index contributed by atoms with van der Waals surface area (Å²) in [6, 6.07) is 13.0. The number of hydrogen-bond acceptors (Lipinski definition) is 5. The summed E-state index contributed by atoms with van der Waals surface area (Å²) in [5.41, 5.74) is 2.21. The number of likely N-dealkylation sites (N-methyl/N-ethyl adjacent to an activating group) is 1. The van der Waals surface area contributed by atoms with E-state index >= 15 is 0 Å². The Morgan fingerprint density at radius 1 is 0.826 bits per heavy atom. The fourth-order valence-electron chi connectivity index (χ4n) is 2.22. The molecule has 0 aliphatic heterocycles. The minimum atomic E-state index is -0.415. The molecule has 0 spiro atoms. The molecule has 2 aromatic rings. The van der Waals surface area contributed by atoms with Crippen molar-refractivity contribution in [1.29, 1.82) is 0 Å². The Morgan fingerprint density at radius 2 is 1.26 bits per heavy atom. The van der Waals surface area contributed by atoms with E-state index in [-0.39, 0.29) is 11.4 Å². The van der Waals surface area contributed by atoms with Crippen molar-refractivity contribution in [2.24, 2.45) is 0 Å². The summed E-state index contributed by atoms with van der Waals surface area (Å²) in [5.74, 6) is 0. The van der Waals surface area contributed by atoms with Gasteiger partial charge in [0.25, 0.3) is 11.4 Å². The third-order valence-corrected chi connectivity index (χ3v) is 3.53. The number of benzene rings is 2. The molecule has 23 heavy (non-hydrogen) atoms. The van der Waals surface area contributed by atoms with Gasteiger partial charge in [0.2, 0.25) is 0 Å². The second-order valence-electron chi connectivity index (χ2n) is 5.33. The molecular formula is C16H17N3O4. The van der Waals surface area contributed by atoms with Crippen LogP contribution in [0.3, 0.4) is 0 Å². The van der Waals surface area contributed by atoms with E-state index in [1.54, 1.807) is 24.3 Å². The van der Waals surface area contributed by atoms with Crippen LogP contribution in [0.5, 0.6) is 0 Å². The van der Waals surface area contributed by atoms with E-state index < -0.39 is 9.85 Å². The summed E-state index contributed by atoms with van der Waals surface area (Å²) in [6.45, 7) is 1.47. The number of non-ortho nitro benzene ring substituents is 2. The molecule has 0 N–H and O–H groups in total. The van der Waals surface area contributed by atoms with Crippen LogP contribution in [0.4, 0.5) is 11.4 Å². The van der Waals surface area contributed by atoms with E-state index in [2.05, 4.69) is 4.90 Å². The van der Waals surface area contributed by atoms with Crippen LogP contribution < -0.4 is 0 Å². The molecule has 7 heteroatoms. The van der Waals surface area contributed by atoms with Crippen LogP contribution in [0.25, 0.3) is 0 Å². The lowest BCUT2D eigenvalue weighted by Crippen LogP contribution is -2.20. The monoisotopic (exact) mass is 315 g/mol. The van der Waals surface area contributed by atoms with Gasteiger partial charge in [-0.2, -0.15) is 0 Å². The fraction of sp³-hybridized carbons (Fsp3) is 0.250. The Morgan fingerprint density at radius 3 is 1.70 bits per heavy atom. The van der Waals surface area contributed by atoms with Crippen LogP contribution in [-0.4, -0.2) is 28.3 Å². The van der Waals surface area contributed by atoms with Crippen molar-refractivity contribution in [1.82, 2.24) is 4.90 Å². The molecule has 0 heterocycles. The molecule has 0 radical (unpaired) electrons. The van der Waals surface area contributed by atoms with E-state index in [0.29, 0.717) is 6.54 Å². The van der Waals surface area contributed by atoms with Gasteiger partial charge in [0, 0.05) is 37.4 Å². The summed E-state index contributed by atoms with van der Waals surface area (Å²) < 4.78 is 0. The minimum absolute atomic E-state index is 0.0854. The first kappa shape index (κ1) is 16.6. The van der Waals surface area contributed by atoms with Crippen molar-refractivity contribution >= 4 is 11.4 Å². The first-order chi connectivity index (χ1) is 11.0. The molecule has 0 aliphatic carbocycles. The van der Waals surface area contributed by atoms with Crippen molar-refractivity contribution < 1.29 is 9.85 Å². The average molecular weight is 315 g/mol. The van der Waals surface area contributed by atoms with Gasteiger partial charge < -0.3 is 4.90 Å². The molecule has 0 aromatic heterocycles. The standard InChI is InChI=1S/C16H17N3O4/c1-17(12-14-4-8-16(9-5-14)19(22)23)11-10-13-2-6-15(7-3-13)18(20)21/h2-9H,10-12H2,1H3.